The van der Waals surface area contributed by atoms with E-state index in [0.717, 1.165) is 54.7 Å². The summed E-state index contributed by atoms with van der Waals surface area (Å²) >= 11 is 1.30. The van der Waals surface area contributed by atoms with Crippen LogP contribution in [-0.2, 0) is 21.6 Å². The lowest BCUT2D eigenvalue weighted by Crippen LogP contribution is -2.45. The third kappa shape index (κ3) is 5.58. The van der Waals surface area contributed by atoms with Crippen LogP contribution in [0.5, 0.6) is 5.75 Å². The second-order valence-electron chi connectivity index (χ2n) is 11.8. The number of halogens is 1. The predicted molar refractivity (Wildman–Crippen MR) is 148 cm³/mol. The minimum atomic E-state index is -1.61. The van der Waals surface area contributed by atoms with Gasteiger partial charge < -0.3 is 19.1 Å². The molecule has 0 spiro atoms. The predicted octanol–water partition coefficient (Wildman–Crippen LogP) is 6.84. The van der Waals surface area contributed by atoms with Crippen molar-refractivity contribution >= 4 is 29.2 Å². The molecule has 2 amide bonds. The minimum absolute atomic E-state index is 0.0103. The summed E-state index contributed by atoms with van der Waals surface area (Å²) in [5.41, 5.74) is 1.05. The molecule has 5 rings (SSSR count). The Balaban J connectivity index is 1.42. The summed E-state index contributed by atoms with van der Waals surface area (Å²) in [7, 11) is 1.39. The van der Waals surface area contributed by atoms with Crippen LogP contribution in [0.1, 0.15) is 76.8 Å². The fourth-order valence-corrected chi connectivity index (χ4v) is 6.33. The number of hydrogen-bond donors (Lipinski definition) is 0. The minimum Gasteiger partial charge on any atom is -0.489 e. The van der Waals surface area contributed by atoms with Gasteiger partial charge in [-0.1, -0.05) is 0 Å². The smallest absolute Gasteiger partial charge is 0.414 e. The van der Waals surface area contributed by atoms with Crippen LogP contribution in [0.25, 0.3) is 11.3 Å². The number of hydrogen-bond acceptors (Lipinski definition) is 7. The highest BCUT2D eigenvalue weighted by Crippen LogP contribution is 2.46. The van der Waals surface area contributed by atoms with Gasteiger partial charge in [0.2, 0.25) is 0 Å². The number of piperidine rings is 1. The van der Waals surface area contributed by atoms with Crippen LogP contribution in [-0.4, -0.2) is 60.0 Å². The monoisotopic (exact) mass is 559 g/mol. The zero-order valence-corrected chi connectivity index (χ0v) is 24.2. The lowest BCUT2D eigenvalue weighted by atomic mass is 9.92. The van der Waals surface area contributed by atoms with Gasteiger partial charge in [-0.3, -0.25) is 4.90 Å². The van der Waals surface area contributed by atoms with Gasteiger partial charge in [0.1, 0.15) is 16.4 Å². The van der Waals surface area contributed by atoms with Gasteiger partial charge in [0.15, 0.2) is 5.67 Å². The first-order valence-corrected chi connectivity index (χ1v) is 14.7. The molecule has 1 atom stereocenters. The van der Waals surface area contributed by atoms with Crippen LogP contribution in [0.3, 0.4) is 0 Å². The molecule has 2 aromatic rings. The van der Waals surface area contributed by atoms with Gasteiger partial charge in [-0.2, -0.15) is 0 Å². The quantitative estimate of drug-likeness (QED) is 0.408. The van der Waals surface area contributed by atoms with E-state index in [0.29, 0.717) is 10.7 Å². The normalized spacial score (nSPS) is 21.1. The average molecular weight is 560 g/mol. The van der Waals surface area contributed by atoms with E-state index in [9.17, 15) is 9.59 Å². The molecule has 0 unspecified atom stereocenters. The van der Waals surface area contributed by atoms with E-state index in [1.807, 2.05) is 45.2 Å². The van der Waals surface area contributed by atoms with Crippen LogP contribution >= 0.6 is 11.3 Å². The second-order valence-corrected chi connectivity index (χ2v) is 12.7. The first-order chi connectivity index (χ1) is 18.5. The molecule has 8 nitrogen and oxygen atoms in total. The Bertz CT molecular complexity index is 1230. The molecule has 1 aliphatic carbocycles. The van der Waals surface area contributed by atoms with Gasteiger partial charge in [0, 0.05) is 48.5 Å². The largest absolute Gasteiger partial charge is 0.489 e. The number of ether oxygens (including phenoxy) is 3. The zero-order chi connectivity index (χ0) is 27.9. The highest BCUT2D eigenvalue weighted by molar-refractivity contribution is 7.10. The van der Waals surface area contributed by atoms with E-state index >= 15 is 4.39 Å². The SMILES string of the molecule is COC(=O)N1c2ccc(-c3csc(C4(F)CCN(C(=O)OC(C)(C)C)CC4)n3)c(OC3CCC3)c2CC[C@@H]1C. The molecule has 0 N–H and O–H groups in total. The number of rotatable bonds is 4. The summed E-state index contributed by atoms with van der Waals surface area (Å²) in [6.07, 6.45) is 4.33. The maximum atomic E-state index is 16.2. The van der Waals surface area contributed by atoms with Crippen molar-refractivity contribution in [3.63, 3.8) is 0 Å². The van der Waals surface area contributed by atoms with E-state index in [4.69, 9.17) is 19.2 Å². The zero-order valence-electron chi connectivity index (χ0n) is 23.4. The highest BCUT2D eigenvalue weighted by Gasteiger charge is 2.41. The number of likely N-dealkylation sites (tertiary alicyclic amines) is 1. The fourth-order valence-electron chi connectivity index (χ4n) is 5.36. The topological polar surface area (TPSA) is 81.2 Å². The number of amides is 2. The molecule has 10 heteroatoms. The van der Waals surface area contributed by atoms with Crippen molar-refractivity contribution in [2.45, 2.75) is 96.1 Å². The van der Waals surface area contributed by atoms with Crippen molar-refractivity contribution in [3.05, 3.63) is 28.1 Å². The number of methoxy groups -OCH3 is 1. The van der Waals surface area contributed by atoms with Gasteiger partial charge in [-0.25, -0.2) is 19.0 Å². The van der Waals surface area contributed by atoms with Crippen LogP contribution < -0.4 is 9.64 Å². The van der Waals surface area contributed by atoms with E-state index in [1.165, 1.54) is 18.4 Å². The Labute approximate surface area is 233 Å². The van der Waals surface area contributed by atoms with Gasteiger partial charge in [0.05, 0.1) is 24.6 Å². The van der Waals surface area contributed by atoms with E-state index in [-0.39, 0.29) is 44.2 Å². The number of nitrogens with zero attached hydrogens (tertiary/aromatic N) is 3. The molecule has 2 fully saturated rings. The fraction of sp³-hybridized carbons (Fsp3) is 0.621. The van der Waals surface area contributed by atoms with Crippen LogP contribution in [0.4, 0.5) is 19.7 Å². The standard InChI is InChI=1S/C29H38FN3O5S/c1-18-9-10-21-23(33(18)27(35)36-5)12-11-20(24(21)37-19-7-6-8-19)22-17-39-25(31-22)29(30)13-15-32(16-14-29)26(34)38-28(2,3)4/h11-12,17-19H,6-10,13-16H2,1-5H3/t18-/m0/s1. The molecule has 1 aromatic carbocycles. The van der Waals surface area contributed by atoms with Crippen molar-refractivity contribution in [2.75, 3.05) is 25.1 Å². The maximum Gasteiger partial charge on any atom is 0.414 e. The number of alkyl halides is 1. The molecule has 3 aliphatic rings. The number of fused-ring (bicyclic) bond motifs is 1. The molecule has 39 heavy (non-hydrogen) atoms. The number of carbonyl (C=O) groups is 2. The number of thiazole rings is 1. The summed E-state index contributed by atoms with van der Waals surface area (Å²) in [6.45, 7) is 8.03. The molecule has 1 saturated heterocycles. The molecule has 212 valence electrons. The Hall–Kier alpha value is -2.88. The molecular formula is C29H38FN3O5S. The first kappa shape index (κ1) is 27.7. The Morgan fingerprint density at radius 3 is 2.46 bits per heavy atom. The van der Waals surface area contributed by atoms with Crippen molar-refractivity contribution < 1.29 is 28.2 Å². The Morgan fingerprint density at radius 2 is 1.85 bits per heavy atom. The number of carbonyl (C=O) groups excluding carboxylic acids is 2. The summed E-state index contributed by atoms with van der Waals surface area (Å²) in [6, 6.07) is 3.86. The van der Waals surface area contributed by atoms with Crippen LogP contribution in [0.15, 0.2) is 17.5 Å². The number of anilines is 1. The summed E-state index contributed by atoms with van der Waals surface area (Å²) < 4.78 is 33.2. The highest BCUT2D eigenvalue weighted by atomic mass is 32.1. The third-order valence-corrected chi connectivity index (χ3v) is 8.85. The van der Waals surface area contributed by atoms with Gasteiger partial charge in [-0.05, 0) is 71.9 Å². The van der Waals surface area contributed by atoms with E-state index < -0.39 is 17.4 Å². The molecular weight excluding hydrogens is 521 g/mol. The van der Waals surface area contributed by atoms with Crippen LogP contribution in [0, 0.1) is 0 Å². The molecule has 1 saturated carbocycles. The second kappa shape index (κ2) is 10.6. The lowest BCUT2D eigenvalue weighted by molar-refractivity contribution is 0.00216. The Kier molecular flexibility index (Phi) is 7.52. The van der Waals surface area contributed by atoms with Crippen LogP contribution in [0.2, 0.25) is 0 Å². The van der Waals surface area contributed by atoms with Gasteiger partial charge >= 0.3 is 12.2 Å². The first-order valence-electron chi connectivity index (χ1n) is 13.8. The van der Waals surface area contributed by atoms with Crippen molar-refractivity contribution in [3.8, 4) is 17.0 Å². The van der Waals surface area contributed by atoms with Crippen molar-refractivity contribution in [1.29, 1.82) is 0 Å². The van der Waals surface area contributed by atoms with Gasteiger partial charge in [-0.15, -0.1) is 11.3 Å². The van der Waals surface area contributed by atoms with Gasteiger partial charge in [0.25, 0.3) is 0 Å². The molecule has 2 aliphatic heterocycles. The maximum absolute atomic E-state index is 16.2. The van der Waals surface area contributed by atoms with E-state index in [1.54, 1.807) is 9.80 Å². The molecule has 1 aromatic heterocycles. The van der Waals surface area contributed by atoms with E-state index in [2.05, 4.69) is 0 Å². The Morgan fingerprint density at radius 1 is 1.13 bits per heavy atom. The van der Waals surface area contributed by atoms with Crippen molar-refractivity contribution in [1.82, 2.24) is 9.88 Å². The van der Waals surface area contributed by atoms with Crippen molar-refractivity contribution in [2.24, 2.45) is 0 Å². The summed E-state index contributed by atoms with van der Waals surface area (Å²) in [4.78, 5) is 33.1. The molecule has 3 heterocycles. The third-order valence-electron chi connectivity index (χ3n) is 7.83. The summed E-state index contributed by atoms with van der Waals surface area (Å²) in [5.74, 6) is 0.738. The molecule has 0 bridgehead atoms. The average Bonchev–Trinajstić information content (AvgIpc) is 3.36. The number of aromatic nitrogens is 1. The number of benzene rings is 1. The molecule has 0 radical (unpaired) electrons. The lowest BCUT2D eigenvalue weighted by Gasteiger charge is -2.37. The summed E-state index contributed by atoms with van der Waals surface area (Å²) in [5, 5.41) is 2.30.